The number of methoxy groups -OCH3 is 2. The third-order valence-electron chi connectivity index (χ3n) is 14.2. The van der Waals surface area contributed by atoms with Crippen molar-refractivity contribution in [1.82, 2.24) is 0 Å². The number of aliphatic hydroxyl groups is 1. The van der Waals surface area contributed by atoms with E-state index in [0.29, 0.717) is 37.7 Å². The van der Waals surface area contributed by atoms with E-state index in [1.807, 2.05) is 6.92 Å². The Hall–Kier alpha value is -2.50. The van der Waals surface area contributed by atoms with Gasteiger partial charge in [-0.2, -0.15) is 0 Å². The summed E-state index contributed by atoms with van der Waals surface area (Å²) in [7, 11) is 2.95. The zero-order valence-corrected chi connectivity index (χ0v) is 28.4. The van der Waals surface area contributed by atoms with Gasteiger partial charge >= 0.3 is 23.9 Å². The van der Waals surface area contributed by atoms with E-state index in [-0.39, 0.29) is 43.4 Å². The quantitative estimate of drug-likeness (QED) is 0.202. The first-order chi connectivity index (χ1) is 21.5. The van der Waals surface area contributed by atoms with Crippen molar-refractivity contribution < 1.29 is 52.7 Å². The number of hydrogen-bond donors (Lipinski definition) is 1. The van der Waals surface area contributed by atoms with E-state index >= 15 is 0 Å². The minimum atomic E-state index is -1.68. The molecule has 0 bridgehead atoms. The molecule has 3 unspecified atom stereocenters. The molecule has 11 nitrogen and oxygen atoms in total. The third kappa shape index (κ3) is 3.88. The maximum atomic E-state index is 13.7. The monoisotopic (exact) mass is 646 g/mol. The molecule has 2 saturated heterocycles. The summed E-state index contributed by atoms with van der Waals surface area (Å²) in [6.45, 7) is 15.2. The van der Waals surface area contributed by atoms with Crippen molar-refractivity contribution in [2.24, 2.45) is 39.4 Å². The second kappa shape index (κ2) is 10.5. The van der Waals surface area contributed by atoms with Crippen molar-refractivity contribution in [3.63, 3.8) is 0 Å². The molecular formula is C35H50O11. The van der Waals surface area contributed by atoms with Crippen molar-refractivity contribution in [3.8, 4) is 0 Å². The highest BCUT2D eigenvalue weighted by Crippen LogP contribution is 2.78. The van der Waals surface area contributed by atoms with Gasteiger partial charge in [-0.1, -0.05) is 20.4 Å². The van der Waals surface area contributed by atoms with Crippen LogP contribution in [0, 0.1) is 39.4 Å². The predicted octanol–water partition coefficient (Wildman–Crippen LogP) is 3.68. The molecule has 4 saturated carbocycles. The first-order valence-corrected chi connectivity index (χ1v) is 16.6. The zero-order valence-electron chi connectivity index (χ0n) is 28.4. The van der Waals surface area contributed by atoms with Gasteiger partial charge in [0, 0.05) is 44.6 Å². The van der Waals surface area contributed by atoms with E-state index in [0.717, 1.165) is 0 Å². The SMILES string of the molecule is C=C1C[C@@]2(O)C3CC[C@]4(C)C(CC[C@@]5(C(C)OC)COC(=O)CC[C@H]54)[C@@]3(C)[C@H](OC(C)=O)[C@H](OC(C)=O)[C@@]2(C)[C@]2(C(=O)OC)O[C@H]12. The molecule has 0 aromatic rings. The Morgan fingerprint density at radius 2 is 1.59 bits per heavy atom. The highest BCUT2D eigenvalue weighted by Gasteiger charge is 2.90. The van der Waals surface area contributed by atoms with Crippen molar-refractivity contribution in [2.45, 2.75) is 122 Å². The summed E-state index contributed by atoms with van der Waals surface area (Å²) in [6.07, 6.45) is 0.422. The fourth-order valence-electron chi connectivity index (χ4n) is 12.2. The molecule has 0 amide bonds. The molecule has 13 atom stereocenters. The van der Waals surface area contributed by atoms with Gasteiger partial charge in [0.2, 0.25) is 5.60 Å². The molecule has 6 rings (SSSR count). The zero-order chi connectivity index (χ0) is 33.8. The van der Waals surface area contributed by atoms with Gasteiger partial charge < -0.3 is 33.5 Å². The Balaban J connectivity index is 1.57. The van der Waals surface area contributed by atoms with Crippen LogP contribution in [0.2, 0.25) is 0 Å². The highest BCUT2D eigenvalue weighted by molar-refractivity contribution is 5.87. The number of fused-ring (bicyclic) bond motifs is 9. The molecule has 0 spiro atoms. The number of esters is 4. The number of hydrogen-bond acceptors (Lipinski definition) is 11. The van der Waals surface area contributed by atoms with Crippen molar-refractivity contribution in [1.29, 1.82) is 0 Å². The van der Waals surface area contributed by atoms with Crippen molar-refractivity contribution in [3.05, 3.63) is 12.2 Å². The summed E-state index contributed by atoms with van der Waals surface area (Å²) in [4.78, 5) is 52.4. The molecule has 11 heteroatoms. The first kappa shape index (κ1) is 33.4. The van der Waals surface area contributed by atoms with Crippen LogP contribution in [0.1, 0.15) is 86.5 Å². The molecule has 0 radical (unpaired) electrons. The molecule has 0 aromatic carbocycles. The Labute approximate surface area is 271 Å². The van der Waals surface area contributed by atoms with Crippen LogP contribution in [0.15, 0.2) is 12.2 Å². The Kier molecular flexibility index (Phi) is 7.62. The van der Waals surface area contributed by atoms with E-state index < -0.39 is 75.0 Å². The lowest BCUT2D eigenvalue weighted by Crippen LogP contribution is -2.82. The summed E-state index contributed by atoms with van der Waals surface area (Å²) >= 11 is 0. The largest absolute Gasteiger partial charge is 0.467 e. The number of carbonyl (C=O) groups excluding carboxylic acids is 4. The van der Waals surface area contributed by atoms with Crippen LogP contribution in [-0.2, 0) is 47.6 Å². The van der Waals surface area contributed by atoms with E-state index in [4.69, 9.17) is 28.4 Å². The average Bonchev–Trinajstić information content (AvgIpc) is 3.78. The summed E-state index contributed by atoms with van der Waals surface area (Å²) in [5.74, 6) is -2.73. The minimum absolute atomic E-state index is 0.0184. The topological polar surface area (TPSA) is 147 Å². The van der Waals surface area contributed by atoms with Crippen LogP contribution in [-0.4, -0.2) is 85.4 Å². The van der Waals surface area contributed by atoms with Crippen molar-refractivity contribution >= 4 is 23.9 Å². The van der Waals surface area contributed by atoms with Crippen LogP contribution >= 0.6 is 0 Å². The molecule has 46 heavy (non-hydrogen) atoms. The molecule has 2 heterocycles. The normalized spacial score (nSPS) is 49.7. The maximum absolute atomic E-state index is 13.7. The molecule has 2 aliphatic heterocycles. The van der Waals surface area contributed by atoms with Gasteiger partial charge in [0.1, 0.15) is 12.2 Å². The second-order valence-corrected chi connectivity index (χ2v) is 15.7. The third-order valence-corrected chi connectivity index (χ3v) is 14.2. The standard InChI is InChI=1S/C35H50O11/c1-18-16-34(40)24-12-14-30(5)22(13-15-33(19(2)41-8)17-43-25(38)11-10-23(30)33)31(24,6)27(44-20(3)36)28(45-21(4)37)32(34,7)35(26(18)46-35)29(39)42-9/h19,22-24,26-28,40H,1,10-17H2,2-9H3/t19?,22?,23-,24?,26+,27+,28-,30+,31+,32+,33-,34+,35-/m0/s1. The lowest BCUT2D eigenvalue weighted by molar-refractivity contribution is -0.338. The highest BCUT2D eigenvalue weighted by atomic mass is 16.7. The van der Waals surface area contributed by atoms with Gasteiger partial charge in [0.05, 0.1) is 30.8 Å². The van der Waals surface area contributed by atoms with Crippen LogP contribution < -0.4 is 0 Å². The smallest absolute Gasteiger partial charge is 0.342 e. The van der Waals surface area contributed by atoms with E-state index in [2.05, 4.69) is 20.4 Å². The first-order valence-electron chi connectivity index (χ1n) is 16.6. The second-order valence-electron chi connectivity index (χ2n) is 15.7. The van der Waals surface area contributed by atoms with Gasteiger partial charge in [-0.3, -0.25) is 14.4 Å². The van der Waals surface area contributed by atoms with Crippen LogP contribution in [0.5, 0.6) is 0 Å². The Morgan fingerprint density at radius 3 is 2.20 bits per heavy atom. The molecular weight excluding hydrogens is 596 g/mol. The van der Waals surface area contributed by atoms with Gasteiger partial charge in [-0.05, 0) is 74.7 Å². The summed E-state index contributed by atoms with van der Waals surface area (Å²) < 4.78 is 35.7. The Bertz CT molecular complexity index is 1360. The molecule has 4 aliphatic carbocycles. The van der Waals surface area contributed by atoms with Crippen molar-refractivity contribution in [2.75, 3.05) is 20.8 Å². The van der Waals surface area contributed by atoms with E-state index in [9.17, 15) is 24.3 Å². The molecule has 6 fully saturated rings. The fraction of sp³-hybridized carbons (Fsp3) is 0.829. The summed E-state index contributed by atoms with van der Waals surface area (Å²) in [5.41, 5.74) is -6.04. The minimum Gasteiger partial charge on any atom is -0.467 e. The fourth-order valence-corrected chi connectivity index (χ4v) is 12.2. The van der Waals surface area contributed by atoms with Crippen LogP contribution in [0.4, 0.5) is 0 Å². The lowest BCUT2D eigenvalue weighted by Gasteiger charge is -2.73. The summed E-state index contributed by atoms with van der Waals surface area (Å²) in [5, 5.41) is 13.3. The van der Waals surface area contributed by atoms with Gasteiger partial charge in [0.15, 0.2) is 6.10 Å². The molecule has 6 aliphatic rings. The average molecular weight is 647 g/mol. The number of ether oxygens (including phenoxy) is 6. The van der Waals surface area contributed by atoms with Gasteiger partial charge in [-0.25, -0.2) is 4.79 Å². The number of carbonyl (C=O) groups is 4. The Morgan fingerprint density at radius 1 is 0.957 bits per heavy atom. The number of epoxide rings is 1. The van der Waals surface area contributed by atoms with E-state index in [1.165, 1.54) is 21.0 Å². The van der Waals surface area contributed by atoms with Gasteiger partial charge in [-0.15, -0.1) is 0 Å². The summed E-state index contributed by atoms with van der Waals surface area (Å²) in [6, 6.07) is 0. The maximum Gasteiger partial charge on any atom is 0.342 e. The molecule has 256 valence electrons. The van der Waals surface area contributed by atoms with E-state index in [1.54, 1.807) is 14.0 Å². The number of rotatable bonds is 5. The van der Waals surface area contributed by atoms with Gasteiger partial charge in [0.25, 0.3) is 0 Å². The molecule has 1 N–H and O–H groups in total. The van der Waals surface area contributed by atoms with Crippen LogP contribution in [0.25, 0.3) is 0 Å². The lowest BCUT2D eigenvalue weighted by atomic mass is 9.32. The predicted molar refractivity (Wildman–Crippen MR) is 162 cm³/mol. The molecule has 0 aromatic heterocycles. The van der Waals surface area contributed by atoms with Crippen LogP contribution in [0.3, 0.4) is 0 Å². The number of cyclic esters (lactones) is 1.